The topological polar surface area (TPSA) is 18.5 Å². The third kappa shape index (κ3) is 5.17. The maximum Gasteiger partial charge on any atom is 0.573 e. The Balaban J connectivity index is 2.62. The van der Waals surface area contributed by atoms with Gasteiger partial charge in [0.05, 0.1) is 5.88 Å². The van der Waals surface area contributed by atoms with Gasteiger partial charge in [0.1, 0.15) is 17.6 Å². The molecular formula is C11H12ClF3O2. The fourth-order valence-corrected chi connectivity index (χ4v) is 1.42. The van der Waals surface area contributed by atoms with Crippen LogP contribution in [-0.2, 0) is 0 Å². The first-order valence-corrected chi connectivity index (χ1v) is 5.56. The van der Waals surface area contributed by atoms with Crippen LogP contribution >= 0.6 is 11.6 Å². The Bertz CT molecular complexity index is 334. The fraction of sp³-hybridized carbons (Fsp3) is 0.455. The van der Waals surface area contributed by atoms with Crippen LogP contribution in [0.5, 0.6) is 11.5 Å². The maximum absolute atomic E-state index is 11.9. The van der Waals surface area contributed by atoms with Crippen molar-refractivity contribution in [3.63, 3.8) is 0 Å². The van der Waals surface area contributed by atoms with Crippen molar-refractivity contribution in [2.24, 2.45) is 0 Å². The van der Waals surface area contributed by atoms with Crippen molar-refractivity contribution in [3.05, 3.63) is 24.3 Å². The molecule has 1 unspecified atom stereocenters. The van der Waals surface area contributed by atoms with E-state index in [2.05, 4.69) is 4.74 Å². The van der Waals surface area contributed by atoms with Gasteiger partial charge < -0.3 is 9.47 Å². The van der Waals surface area contributed by atoms with E-state index in [1.165, 1.54) is 24.3 Å². The normalized spacial score (nSPS) is 13.2. The van der Waals surface area contributed by atoms with Crippen molar-refractivity contribution in [1.29, 1.82) is 0 Å². The van der Waals surface area contributed by atoms with Crippen LogP contribution in [0.25, 0.3) is 0 Å². The molecule has 2 nitrogen and oxygen atoms in total. The summed E-state index contributed by atoms with van der Waals surface area (Å²) >= 11 is 5.64. The summed E-state index contributed by atoms with van der Waals surface area (Å²) in [6.45, 7) is 1.91. The highest BCUT2D eigenvalue weighted by molar-refractivity contribution is 6.18. The molecule has 0 amide bonds. The molecule has 0 N–H and O–H groups in total. The summed E-state index contributed by atoms with van der Waals surface area (Å²) in [5.74, 6) is 0.521. The van der Waals surface area contributed by atoms with Gasteiger partial charge in [-0.25, -0.2) is 0 Å². The second-order valence-corrected chi connectivity index (χ2v) is 3.63. The van der Waals surface area contributed by atoms with Crippen LogP contribution in [0, 0.1) is 0 Å². The lowest BCUT2D eigenvalue weighted by molar-refractivity contribution is -0.274. The van der Waals surface area contributed by atoms with Gasteiger partial charge >= 0.3 is 6.36 Å². The van der Waals surface area contributed by atoms with Gasteiger partial charge in [-0.15, -0.1) is 24.8 Å². The Hall–Kier alpha value is -1.10. The van der Waals surface area contributed by atoms with E-state index < -0.39 is 6.36 Å². The number of rotatable bonds is 5. The van der Waals surface area contributed by atoms with Crippen LogP contribution in [0.2, 0.25) is 0 Å². The number of hydrogen-bond acceptors (Lipinski definition) is 2. The molecule has 1 aromatic carbocycles. The SMILES string of the molecule is CCC(CCl)Oc1ccc(OC(F)(F)F)cc1. The number of hydrogen-bond donors (Lipinski definition) is 0. The summed E-state index contributed by atoms with van der Waals surface area (Å²) in [6.07, 6.45) is -4.10. The molecule has 0 fully saturated rings. The predicted molar refractivity (Wildman–Crippen MR) is 58.6 cm³/mol. The Labute approximate surface area is 102 Å². The zero-order valence-corrected chi connectivity index (χ0v) is 9.89. The lowest BCUT2D eigenvalue weighted by Gasteiger charge is -2.15. The van der Waals surface area contributed by atoms with Crippen molar-refractivity contribution in [2.75, 3.05) is 5.88 Å². The summed E-state index contributed by atoms with van der Waals surface area (Å²) in [5, 5.41) is 0. The van der Waals surface area contributed by atoms with Crippen molar-refractivity contribution >= 4 is 11.6 Å². The molecule has 0 radical (unpaired) electrons. The number of benzene rings is 1. The molecule has 6 heteroatoms. The van der Waals surface area contributed by atoms with Gasteiger partial charge in [0.25, 0.3) is 0 Å². The fourth-order valence-electron chi connectivity index (χ4n) is 1.14. The van der Waals surface area contributed by atoms with Crippen LogP contribution in [0.1, 0.15) is 13.3 Å². The monoisotopic (exact) mass is 268 g/mol. The molecule has 0 aliphatic rings. The molecule has 1 atom stereocenters. The second kappa shape index (κ2) is 6.00. The Morgan fingerprint density at radius 3 is 2.12 bits per heavy atom. The van der Waals surface area contributed by atoms with Gasteiger partial charge in [0, 0.05) is 0 Å². The molecule has 0 aliphatic carbocycles. The average molecular weight is 269 g/mol. The lowest BCUT2D eigenvalue weighted by atomic mass is 10.3. The molecule has 0 aliphatic heterocycles. The van der Waals surface area contributed by atoms with Gasteiger partial charge in [-0.3, -0.25) is 0 Å². The molecule has 1 aromatic rings. The molecule has 0 heterocycles. The van der Waals surface area contributed by atoms with Crippen LogP contribution < -0.4 is 9.47 Å². The molecule has 0 saturated carbocycles. The second-order valence-electron chi connectivity index (χ2n) is 3.32. The van der Waals surface area contributed by atoms with E-state index in [1.54, 1.807) is 0 Å². The molecule has 0 bridgehead atoms. The third-order valence-corrected chi connectivity index (χ3v) is 2.33. The van der Waals surface area contributed by atoms with Crippen LogP contribution in [0.3, 0.4) is 0 Å². The van der Waals surface area contributed by atoms with Gasteiger partial charge in [0.2, 0.25) is 0 Å². The Kier molecular flexibility index (Phi) is 4.93. The largest absolute Gasteiger partial charge is 0.573 e. The molecule has 0 spiro atoms. The number of alkyl halides is 4. The van der Waals surface area contributed by atoms with E-state index in [0.29, 0.717) is 11.6 Å². The summed E-state index contributed by atoms with van der Waals surface area (Å²) in [5.41, 5.74) is 0. The molecule has 0 saturated heterocycles. The smallest absolute Gasteiger partial charge is 0.489 e. The van der Waals surface area contributed by atoms with Gasteiger partial charge in [0.15, 0.2) is 0 Å². The highest BCUT2D eigenvalue weighted by Crippen LogP contribution is 2.25. The van der Waals surface area contributed by atoms with E-state index >= 15 is 0 Å². The number of halogens is 4. The van der Waals surface area contributed by atoms with E-state index in [4.69, 9.17) is 16.3 Å². The molecule has 1 rings (SSSR count). The zero-order chi connectivity index (χ0) is 12.9. The van der Waals surface area contributed by atoms with E-state index in [9.17, 15) is 13.2 Å². The Morgan fingerprint density at radius 1 is 1.18 bits per heavy atom. The maximum atomic E-state index is 11.9. The van der Waals surface area contributed by atoms with E-state index in [1.807, 2.05) is 6.92 Å². The van der Waals surface area contributed by atoms with E-state index in [-0.39, 0.29) is 11.9 Å². The van der Waals surface area contributed by atoms with Crippen LogP contribution in [-0.4, -0.2) is 18.3 Å². The van der Waals surface area contributed by atoms with Crippen molar-refractivity contribution < 1.29 is 22.6 Å². The first-order valence-electron chi connectivity index (χ1n) is 5.03. The van der Waals surface area contributed by atoms with Crippen LogP contribution in [0.15, 0.2) is 24.3 Å². The summed E-state index contributed by atoms with van der Waals surface area (Å²) in [4.78, 5) is 0. The van der Waals surface area contributed by atoms with Crippen molar-refractivity contribution in [2.45, 2.75) is 25.8 Å². The highest BCUT2D eigenvalue weighted by atomic mass is 35.5. The standard InChI is InChI=1S/C11H12ClF3O2/c1-2-8(7-12)16-9-3-5-10(6-4-9)17-11(13,14)15/h3-6,8H,2,7H2,1H3. The third-order valence-electron chi connectivity index (χ3n) is 1.99. The summed E-state index contributed by atoms with van der Waals surface area (Å²) < 4.78 is 44.8. The number of ether oxygens (including phenoxy) is 2. The van der Waals surface area contributed by atoms with Crippen LogP contribution in [0.4, 0.5) is 13.2 Å². The summed E-state index contributed by atoms with van der Waals surface area (Å²) in [7, 11) is 0. The summed E-state index contributed by atoms with van der Waals surface area (Å²) in [6, 6.07) is 5.22. The molecule has 96 valence electrons. The zero-order valence-electron chi connectivity index (χ0n) is 9.13. The first-order chi connectivity index (χ1) is 7.94. The predicted octanol–water partition coefficient (Wildman–Crippen LogP) is 3.98. The lowest BCUT2D eigenvalue weighted by Crippen LogP contribution is -2.18. The van der Waals surface area contributed by atoms with Gasteiger partial charge in [-0.2, -0.15) is 0 Å². The molecule has 17 heavy (non-hydrogen) atoms. The van der Waals surface area contributed by atoms with Gasteiger partial charge in [-0.1, -0.05) is 6.92 Å². The minimum Gasteiger partial charge on any atom is -0.489 e. The minimum absolute atomic E-state index is 0.147. The highest BCUT2D eigenvalue weighted by Gasteiger charge is 2.30. The molecular weight excluding hydrogens is 257 g/mol. The van der Waals surface area contributed by atoms with Crippen molar-refractivity contribution in [3.8, 4) is 11.5 Å². The quantitative estimate of drug-likeness (QED) is 0.752. The first kappa shape index (κ1) is 14.0. The van der Waals surface area contributed by atoms with E-state index in [0.717, 1.165) is 6.42 Å². The minimum atomic E-state index is -4.68. The average Bonchev–Trinajstić information content (AvgIpc) is 2.26. The Morgan fingerprint density at radius 2 is 1.71 bits per heavy atom. The van der Waals surface area contributed by atoms with Gasteiger partial charge in [-0.05, 0) is 30.7 Å². The molecule has 0 aromatic heterocycles. The van der Waals surface area contributed by atoms with Crippen molar-refractivity contribution in [1.82, 2.24) is 0 Å².